The molecule has 0 aliphatic carbocycles. The molecular formula is C11H14N2O3. The maximum Gasteiger partial charge on any atom is 0.356 e. The zero-order valence-corrected chi connectivity index (χ0v) is 9.40. The number of rotatable bonds is 2. The van der Waals surface area contributed by atoms with Crippen LogP contribution in [-0.4, -0.2) is 29.7 Å². The maximum atomic E-state index is 11.4. The Labute approximate surface area is 93.8 Å². The van der Waals surface area contributed by atoms with E-state index < -0.39 is 5.97 Å². The first-order valence-electron chi connectivity index (χ1n) is 5.26. The second-order valence-electron chi connectivity index (χ2n) is 3.72. The van der Waals surface area contributed by atoms with Gasteiger partial charge in [0.1, 0.15) is 5.82 Å². The highest BCUT2D eigenvalue weighted by Gasteiger charge is 2.21. The van der Waals surface area contributed by atoms with Crippen LogP contribution in [0.15, 0.2) is 6.07 Å². The van der Waals surface area contributed by atoms with Gasteiger partial charge in [-0.3, -0.25) is 0 Å². The van der Waals surface area contributed by atoms with E-state index in [2.05, 4.69) is 14.7 Å². The predicted octanol–water partition coefficient (Wildman–Crippen LogP) is 1.42. The molecule has 16 heavy (non-hydrogen) atoms. The Morgan fingerprint density at radius 1 is 1.56 bits per heavy atom. The van der Waals surface area contributed by atoms with E-state index in [1.807, 2.05) is 0 Å². The first kappa shape index (κ1) is 11.0. The molecule has 5 heteroatoms. The van der Waals surface area contributed by atoms with Crippen molar-refractivity contribution in [2.24, 2.45) is 0 Å². The van der Waals surface area contributed by atoms with Crippen molar-refractivity contribution in [2.45, 2.75) is 25.9 Å². The molecule has 1 fully saturated rings. The van der Waals surface area contributed by atoms with Gasteiger partial charge in [-0.1, -0.05) is 0 Å². The zero-order chi connectivity index (χ0) is 11.5. The van der Waals surface area contributed by atoms with Gasteiger partial charge in [0.25, 0.3) is 0 Å². The number of carbonyl (C=O) groups excluding carboxylic acids is 1. The molecule has 0 amide bonds. The summed E-state index contributed by atoms with van der Waals surface area (Å²) in [5.41, 5.74) is 1.06. The monoisotopic (exact) mass is 222 g/mol. The third-order valence-corrected chi connectivity index (χ3v) is 2.51. The van der Waals surface area contributed by atoms with Crippen molar-refractivity contribution in [3.63, 3.8) is 0 Å². The Balaban J connectivity index is 2.31. The number of hydrogen-bond donors (Lipinski definition) is 0. The fourth-order valence-corrected chi connectivity index (χ4v) is 1.78. The molecule has 2 heterocycles. The van der Waals surface area contributed by atoms with Gasteiger partial charge in [-0.2, -0.15) is 0 Å². The number of carbonyl (C=O) groups is 1. The standard InChI is InChI=1S/C11H14N2O3/c1-7-12-8(10-4-3-5-16-10)6-9(13-7)11(14)15-2/h6,10H,3-5H2,1-2H3/t10-/m0/s1. The van der Waals surface area contributed by atoms with Crippen molar-refractivity contribution in [3.8, 4) is 0 Å². The molecule has 0 unspecified atom stereocenters. The molecular weight excluding hydrogens is 208 g/mol. The van der Waals surface area contributed by atoms with Gasteiger partial charge in [0.2, 0.25) is 0 Å². The summed E-state index contributed by atoms with van der Waals surface area (Å²) in [6.07, 6.45) is 1.96. The lowest BCUT2D eigenvalue weighted by Gasteiger charge is -2.10. The summed E-state index contributed by atoms with van der Waals surface area (Å²) in [6, 6.07) is 1.65. The zero-order valence-electron chi connectivity index (χ0n) is 9.40. The smallest absolute Gasteiger partial charge is 0.356 e. The fraction of sp³-hybridized carbons (Fsp3) is 0.545. The van der Waals surface area contributed by atoms with Crippen LogP contribution >= 0.6 is 0 Å². The maximum absolute atomic E-state index is 11.4. The molecule has 1 atom stereocenters. The third-order valence-electron chi connectivity index (χ3n) is 2.51. The molecule has 1 aromatic rings. The Morgan fingerprint density at radius 2 is 2.38 bits per heavy atom. The van der Waals surface area contributed by atoms with Crippen LogP contribution in [0.25, 0.3) is 0 Å². The first-order valence-corrected chi connectivity index (χ1v) is 5.26. The lowest BCUT2D eigenvalue weighted by atomic mass is 10.1. The summed E-state index contributed by atoms with van der Waals surface area (Å²) in [6.45, 7) is 2.51. The number of aromatic nitrogens is 2. The van der Waals surface area contributed by atoms with Crippen molar-refractivity contribution < 1.29 is 14.3 Å². The Bertz CT molecular complexity index is 400. The second kappa shape index (κ2) is 4.57. The van der Waals surface area contributed by atoms with Crippen molar-refractivity contribution in [1.29, 1.82) is 0 Å². The van der Waals surface area contributed by atoms with E-state index in [0.29, 0.717) is 11.5 Å². The molecule has 1 aromatic heterocycles. The molecule has 0 radical (unpaired) electrons. The fourth-order valence-electron chi connectivity index (χ4n) is 1.78. The Kier molecular flexibility index (Phi) is 3.14. The van der Waals surface area contributed by atoms with Gasteiger partial charge in [-0.15, -0.1) is 0 Å². The number of methoxy groups -OCH3 is 1. The van der Waals surface area contributed by atoms with E-state index in [0.717, 1.165) is 25.1 Å². The van der Waals surface area contributed by atoms with Gasteiger partial charge in [0.05, 0.1) is 18.9 Å². The molecule has 2 rings (SSSR count). The molecule has 0 spiro atoms. The molecule has 0 saturated carbocycles. The van der Waals surface area contributed by atoms with E-state index >= 15 is 0 Å². The van der Waals surface area contributed by atoms with Gasteiger partial charge in [0.15, 0.2) is 5.69 Å². The van der Waals surface area contributed by atoms with E-state index in [4.69, 9.17) is 4.74 Å². The molecule has 0 bridgehead atoms. The van der Waals surface area contributed by atoms with Crippen molar-refractivity contribution in [1.82, 2.24) is 9.97 Å². The summed E-state index contributed by atoms with van der Waals surface area (Å²) < 4.78 is 10.2. The van der Waals surface area contributed by atoms with Crippen LogP contribution in [-0.2, 0) is 9.47 Å². The lowest BCUT2D eigenvalue weighted by molar-refractivity contribution is 0.0592. The van der Waals surface area contributed by atoms with E-state index in [1.54, 1.807) is 13.0 Å². The molecule has 0 aromatic carbocycles. The summed E-state index contributed by atoms with van der Waals surface area (Å²) in [5.74, 6) is 0.123. The van der Waals surface area contributed by atoms with Crippen molar-refractivity contribution >= 4 is 5.97 Å². The largest absolute Gasteiger partial charge is 0.464 e. The normalized spacial score (nSPS) is 19.8. The van der Waals surface area contributed by atoms with Gasteiger partial charge >= 0.3 is 5.97 Å². The Hall–Kier alpha value is -1.49. The minimum absolute atomic E-state index is 0.00916. The number of esters is 1. The summed E-state index contributed by atoms with van der Waals surface area (Å²) in [5, 5.41) is 0. The molecule has 86 valence electrons. The lowest BCUT2D eigenvalue weighted by Crippen LogP contribution is -2.10. The third kappa shape index (κ3) is 2.19. The minimum Gasteiger partial charge on any atom is -0.464 e. The molecule has 1 aliphatic heterocycles. The van der Waals surface area contributed by atoms with Crippen LogP contribution in [0.1, 0.15) is 41.0 Å². The topological polar surface area (TPSA) is 61.3 Å². The first-order chi connectivity index (χ1) is 7.70. The van der Waals surface area contributed by atoms with Crippen LogP contribution in [0.5, 0.6) is 0 Å². The minimum atomic E-state index is -0.440. The number of aryl methyl sites for hydroxylation is 1. The highest BCUT2D eigenvalue weighted by molar-refractivity contribution is 5.87. The molecule has 0 N–H and O–H groups in total. The predicted molar refractivity (Wildman–Crippen MR) is 56.0 cm³/mol. The van der Waals surface area contributed by atoms with Gasteiger partial charge in [-0.25, -0.2) is 14.8 Å². The van der Waals surface area contributed by atoms with Gasteiger partial charge in [0, 0.05) is 6.61 Å². The highest BCUT2D eigenvalue weighted by Crippen LogP contribution is 2.27. The Morgan fingerprint density at radius 3 is 3.00 bits per heavy atom. The van der Waals surface area contributed by atoms with Crippen LogP contribution in [0, 0.1) is 6.92 Å². The molecule has 1 saturated heterocycles. The summed E-state index contributed by atoms with van der Waals surface area (Å²) in [4.78, 5) is 19.7. The van der Waals surface area contributed by atoms with Crippen LogP contribution in [0.3, 0.4) is 0 Å². The highest BCUT2D eigenvalue weighted by atomic mass is 16.5. The molecule has 5 nitrogen and oxygen atoms in total. The van der Waals surface area contributed by atoms with Crippen LogP contribution in [0.4, 0.5) is 0 Å². The number of hydrogen-bond acceptors (Lipinski definition) is 5. The van der Waals surface area contributed by atoms with Crippen LogP contribution in [0.2, 0.25) is 0 Å². The molecule has 1 aliphatic rings. The quantitative estimate of drug-likeness (QED) is 0.708. The van der Waals surface area contributed by atoms with E-state index in [-0.39, 0.29) is 6.10 Å². The average Bonchev–Trinajstić information content (AvgIpc) is 2.80. The van der Waals surface area contributed by atoms with E-state index in [1.165, 1.54) is 7.11 Å². The van der Waals surface area contributed by atoms with Gasteiger partial charge < -0.3 is 9.47 Å². The summed E-state index contributed by atoms with van der Waals surface area (Å²) in [7, 11) is 1.34. The number of nitrogens with zero attached hydrogens (tertiary/aromatic N) is 2. The van der Waals surface area contributed by atoms with Crippen molar-refractivity contribution in [3.05, 3.63) is 23.3 Å². The SMILES string of the molecule is COC(=O)c1cc([C@@H]2CCCO2)nc(C)n1. The average molecular weight is 222 g/mol. The summed E-state index contributed by atoms with van der Waals surface area (Å²) >= 11 is 0. The van der Waals surface area contributed by atoms with Crippen molar-refractivity contribution in [2.75, 3.05) is 13.7 Å². The van der Waals surface area contributed by atoms with Gasteiger partial charge in [-0.05, 0) is 25.8 Å². The second-order valence-corrected chi connectivity index (χ2v) is 3.72. The van der Waals surface area contributed by atoms with Crippen LogP contribution < -0.4 is 0 Å². The number of ether oxygens (including phenoxy) is 2. The van der Waals surface area contributed by atoms with E-state index in [9.17, 15) is 4.79 Å².